The number of hydrogen-bond donors (Lipinski definition) is 0. The number of rotatable bonds is 4. The third kappa shape index (κ3) is 3.47. The van der Waals surface area contributed by atoms with Crippen LogP contribution in [0.15, 0.2) is 46.9 Å². The molecular weight excluding hydrogens is 348 g/mol. The lowest BCUT2D eigenvalue weighted by atomic mass is 9.69. The zero-order chi connectivity index (χ0) is 19.8. The van der Waals surface area contributed by atoms with Crippen molar-refractivity contribution in [1.29, 1.82) is 0 Å². The Labute approximate surface area is 167 Å². The van der Waals surface area contributed by atoms with Crippen LogP contribution in [0.2, 0.25) is 0 Å². The maximum Gasteiger partial charge on any atom is 0.162 e. The molecule has 28 heavy (non-hydrogen) atoms. The first-order valence-electron chi connectivity index (χ1n) is 10.7. The average Bonchev–Trinajstić information content (AvgIpc) is 2.67. The van der Waals surface area contributed by atoms with Gasteiger partial charge in [0.15, 0.2) is 11.6 Å². The van der Waals surface area contributed by atoms with Gasteiger partial charge >= 0.3 is 0 Å². The van der Waals surface area contributed by atoms with Gasteiger partial charge in [-0.3, -0.25) is 9.59 Å². The van der Waals surface area contributed by atoms with Gasteiger partial charge in [-0.2, -0.15) is 0 Å². The summed E-state index contributed by atoms with van der Waals surface area (Å²) >= 11 is 0. The van der Waals surface area contributed by atoms with Gasteiger partial charge in [-0.05, 0) is 42.2 Å². The van der Waals surface area contributed by atoms with Crippen molar-refractivity contribution in [2.24, 2.45) is 11.8 Å². The Bertz CT molecular complexity index is 812. The third-order valence-electron chi connectivity index (χ3n) is 6.46. The van der Waals surface area contributed by atoms with E-state index in [2.05, 4.69) is 45.0 Å². The quantitative estimate of drug-likeness (QED) is 0.680. The van der Waals surface area contributed by atoms with Crippen molar-refractivity contribution >= 4 is 11.6 Å². The first kappa shape index (κ1) is 19.2. The second-order valence-corrected chi connectivity index (χ2v) is 8.88. The topological polar surface area (TPSA) is 43.4 Å². The minimum Gasteiger partial charge on any atom is -0.465 e. The van der Waals surface area contributed by atoms with Crippen molar-refractivity contribution in [3.05, 3.63) is 58.1 Å². The highest BCUT2D eigenvalue weighted by molar-refractivity contribution is 6.04. The number of hydrogen-bond acceptors (Lipinski definition) is 3. The first-order chi connectivity index (χ1) is 13.5. The van der Waals surface area contributed by atoms with E-state index in [-0.39, 0.29) is 23.4 Å². The summed E-state index contributed by atoms with van der Waals surface area (Å²) in [6.45, 7) is 6.58. The van der Waals surface area contributed by atoms with Gasteiger partial charge in [-0.1, -0.05) is 45.0 Å². The lowest BCUT2D eigenvalue weighted by Gasteiger charge is -2.38. The molecule has 0 saturated heterocycles. The predicted octanol–water partition coefficient (Wildman–Crippen LogP) is 5.65. The van der Waals surface area contributed by atoms with E-state index in [0.29, 0.717) is 18.8 Å². The monoisotopic (exact) mass is 378 g/mol. The van der Waals surface area contributed by atoms with Gasteiger partial charge in [0.1, 0.15) is 11.5 Å². The number of allylic oxidation sites excluding steroid dienone is 4. The number of ketones is 2. The summed E-state index contributed by atoms with van der Waals surface area (Å²) in [5.41, 5.74) is 4.19. The lowest BCUT2D eigenvalue weighted by molar-refractivity contribution is -0.118. The average molecular weight is 379 g/mol. The summed E-state index contributed by atoms with van der Waals surface area (Å²) in [6.07, 6.45) is 5.35. The van der Waals surface area contributed by atoms with Crippen molar-refractivity contribution in [1.82, 2.24) is 0 Å². The smallest absolute Gasteiger partial charge is 0.162 e. The van der Waals surface area contributed by atoms with Gasteiger partial charge in [-0.15, -0.1) is 0 Å². The molecule has 0 N–H and O–H groups in total. The van der Waals surface area contributed by atoms with E-state index >= 15 is 0 Å². The maximum absolute atomic E-state index is 12.8. The van der Waals surface area contributed by atoms with Crippen LogP contribution in [0.5, 0.6) is 0 Å². The van der Waals surface area contributed by atoms with E-state index in [9.17, 15) is 9.59 Å². The normalized spacial score (nSPS) is 21.6. The van der Waals surface area contributed by atoms with Gasteiger partial charge < -0.3 is 4.74 Å². The van der Waals surface area contributed by atoms with Gasteiger partial charge in [-0.25, -0.2) is 0 Å². The molecule has 0 unspecified atom stereocenters. The molecule has 3 nitrogen and oxygen atoms in total. The van der Waals surface area contributed by atoms with Crippen LogP contribution in [0.25, 0.3) is 0 Å². The van der Waals surface area contributed by atoms with Gasteiger partial charge in [0.2, 0.25) is 0 Å². The Balaban J connectivity index is 1.67. The number of benzene rings is 1. The number of ether oxygens (including phenoxy) is 1. The molecule has 148 valence electrons. The van der Waals surface area contributed by atoms with E-state index in [0.717, 1.165) is 54.8 Å². The molecule has 0 bridgehead atoms. The molecule has 0 fully saturated rings. The number of Topliss-reactive ketones (excluding diaryl/α,β-unsaturated/α-hetero) is 2. The zero-order valence-corrected chi connectivity index (χ0v) is 17.2. The maximum atomic E-state index is 12.8. The van der Waals surface area contributed by atoms with Crippen molar-refractivity contribution < 1.29 is 14.3 Å². The van der Waals surface area contributed by atoms with E-state index in [1.165, 1.54) is 11.1 Å². The van der Waals surface area contributed by atoms with Crippen molar-refractivity contribution in [3.63, 3.8) is 0 Å². The van der Waals surface area contributed by atoms with Crippen molar-refractivity contribution in [2.45, 2.75) is 71.6 Å². The standard InChI is InChI=1S/C25H30O3/c1-15(2)18-12-10-17(11-13-18)14-16(3)23-24-19(26)6-4-8-21(24)28-22-9-5-7-20(27)25(22)23/h10-13,15-16,23H,4-9,14H2,1-3H3/t16-/m0/s1. The summed E-state index contributed by atoms with van der Waals surface area (Å²) in [7, 11) is 0. The molecule has 0 amide bonds. The summed E-state index contributed by atoms with van der Waals surface area (Å²) in [5.74, 6) is 2.64. The first-order valence-corrected chi connectivity index (χ1v) is 10.7. The molecule has 3 heteroatoms. The van der Waals surface area contributed by atoms with Crippen molar-refractivity contribution in [2.75, 3.05) is 0 Å². The fourth-order valence-electron chi connectivity index (χ4n) is 4.96. The predicted molar refractivity (Wildman–Crippen MR) is 110 cm³/mol. The van der Waals surface area contributed by atoms with Crippen LogP contribution in [-0.4, -0.2) is 11.6 Å². The molecule has 2 aliphatic carbocycles. The Morgan fingerprint density at radius 1 is 0.857 bits per heavy atom. The van der Waals surface area contributed by atoms with Gasteiger partial charge in [0.05, 0.1) is 0 Å². The second-order valence-electron chi connectivity index (χ2n) is 8.88. The minimum atomic E-state index is -0.107. The molecule has 3 aliphatic rings. The molecule has 1 atom stereocenters. The largest absolute Gasteiger partial charge is 0.465 e. The molecule has 1 heterocycles. The van der Waals surface area contributed by atoms with E-state index < -0.39 is 0 Å². The van der Waals surface area contributed by atoms with Crippen LogP contribution in [0.4, 0.5) is 0 Å². The summed E-state index contributed by atoms with van der Waals surface area (Å²) in [5, 5.41) is 0. The van der Waals surface area contributed by atoms with Crippen molar-refractivity contribution in [3.8, 4) is 0 Å². The molecule has 0 aromatic heterocycles. The molecule has 1 aromatic carbocycles. The molecule has 0 radical (unpaired) electrons. The second kappa shape index (κ2) is 7.69. The highest BCUT2D eigenvalue weighted by atomic mass is 16.5. The van der Waals surface area contributed by atoms with Crippen LogP contribution in [0.3, 0.4) is 0 Å². The zero-order valence-electron chi connectivity index (χ0n) is 17.2. The summed E-state index contributed by atoms with van der Waals surface area (Å²) < 4.78 is 6.13. The molecule has 1 aromatic rings. The Kier molecular flexibility index (Phi) is 5.27. The minimum absolute atomic E-state index is 0.107. The van der Waals surface area contributed by atoms with Crippen LogP contribution in [-0.2, 0) is 20.7 Å². The van der Waals surface area contributed by atoms with Gasteiger partial charge in [0.25, 0.3) is 0 Å². The Morgan fingerprint density at radius 2 is 1.39 bits per heavy atom. The molecule has 4 rings (SSSR count). The lowest BCUT2D eigenvalue weighted by Crippen LogP contribution is -2.35. The van der Waals surface area contributed by atoms with Crippen LogP contribution in [0.1, 0.15) is 76.3 Å². The van der Waals surface area contributed by atoms with Gasteiger partial charge in [0, 0.05) is 42.7 Å². The Hall–Kier alpha value is -2.16. The fourth-order valence-corrected chi connectivity index (χ4v) is 4.96. The third-order valence-corrected chi connectivity index (χ3v) is 6.46. The molecule has 1 aliphatic heterocycles. The fraction of sp³-hybridized carbons (Fsp3) is 0.520. The molecule has 0 spiro atoms. The van der Waals surface area contributed by atoms with E-state index in [1.807, 2.05) is 0 Å². The number of carbonyl (C=O) groups is 2. The van der Waals surface area contributed by atoms with Crippen LogP contribution < -0.4 is 0 Å². The van der Waals surface area contributed by atoms with E-state index in [4.69, 9.17) is 4.74 Å². The Morgan fingerprint density at radius 3 is 1.89 bits per heavy atom. The summed E-state index contributed by atoms with van der Waals surface area (Å²) in [4.78, 5) is 25.6. The number of carbonyl (C=O) groups excluding carboxylic acids is 2. The molecule has 0 saturated carbocycles. The highest BCUT2D eigenvalue weighted by Crippen LogP contribution is 2.46. The highest BCUT2D eigenvalue weighted by Gasteiger charge is 2.43. The van der Waals surface area contributed by atoms with Crippen LogP contribution >= 0.6 is 0 Å². The molecular formula is C25H30O3. The summed E-state index contributed by atoms with van der Waals surface area (Å²) in [6, 6.07) is 8.79. The van der Waals surface area contributed by atoms with Crippen LogP contribution in [0, 0.1) is 11.8 Å². The SMILES string of the molecule is CC(C)c1ccc(C[C@H](C)C2C3=C(CCCC3=O)OC3=C2C(=O)CCC3)cc1. The van der Waals surface area contributed by atoms with E-state index in [1.54, 1.807) is 0 Å².